The molecule has 0 aromatic carbocycles. The second-order valence-corrected chi connectivity index (χ2v) is 5.56. The van der Waals surface area contributed by atoms with Crippen molar-refractivity contribution >= 4 is 23.3 Å². The quantitative estimate of drug-likeness (QED) is 0.778. The molecular formula is C11H11N5S. The summed E-state index contributed by atoms with van der Waals surface area (Å²) in [5, 5.41) is 14.8. The third kappa shape index (κ3) is 1.66. The predicted octanol–water partition coefficient (Wildman–Crippen LogP) is 1.67. The van der Waals surface area contributed by atoms with Crippen LogP contribution < -0.4 is 0 Å². The van der Waals surface area contributed by atoms with Crippen LogP contribution in [-0.2, 0) is 4.99 Å². The van der Waals surface area contributed by atoms with E-state index in [2.05, 4.69) is 36.2 Å². The molecule has 3 heterocycles. The Labute approximate surface area is 101 Å². The minimum Gasteiger partial charge on any atom is -0.265 e. The van der Waals surface area contributed by atoms with Gasteiger partial charge in [-0.2, -0.15) is 10.9 Å². The molecule has 86 valence electrons. The number of thiol groups is 1. The summed E-state index contributed by atoms with van der Waals surface area (Å²) in [4.78, 5) is 8.48. The number of rotatable bonds is 2. The standard InChI is InChI=1S/C11H11N5S/c1-2-6-13-11(12-5-1,10-9-14-16-15-10)17-7-3-4-8-17/h1-9,17H,(H,14,15,16). The van der Waals surface area contributed by atoms with E-state index in [0.29, 0.717) is 0 Å². The lowest BCUT2D eigenvalue weighted by Gasteiger charge is -2.29. The zero-order valence-electron chi connectivity index (χ0n) is 8.93. The molecule has 0 bridgehead atoms. The Morgan fingerprint density at radius 2 is 1.71 bits per heavy atom. The highest BCUT2D eigenvalue weighted by Crippen LogP contribution is 2.54. The second kappa shape index (κ2) is 4.14. The summed E-state index contributed by atoms with van der Waals surface area (Å²) in [5.41, 5.74) is 0.746. The van der Waals surface area contributed by atoms with Crippen molar-refractivity contribution in [2.75, 3.05) is 0 Å². The fourth-order valence-electron chi connectivity index (χ4n) is 1.73. The number of nitrogens with one attached hydrogen (secondary N) is 1. The van der Waals surface area contributed by atoms with Crippen LogP contribution in [-0.4, -0.2) is 27.8 Å². The smallest absolute Gasteiger partial charge is 0.232 e. The number of hydrogen-bond donors (Lipinski definition) is 2. The highest BCUT2D eigenvalue weighted by Gasteiger charge is 2.38. The number of aliphatic imine (C=N–C) groups is 2. The van der Waals surface area contributed by atoms with E-state index in [1.165, 1.54) is 0 Å². The molecule has 2 aliphatic rings. The summed E-state index contributed by atoms with van der Waals surface area (Å²) in [7, 11) is -0.635. The van der Waals surface area contributed by atoms with E-state index in [1.54, 1.807) is 18.6 Å². The Kier molecular flexibility index (Phi) is 2.49. The molecule has 0 atom stereocenters. The number of nitrogens with zero attached hydrogens (tertiary/aromatic N) is 4. The van der Waals surface area contributed by atoms with Crippen LogP contribution in [0.2, 0.25) is 0 Å². The molecule has 0 amide bonds. The van der Waals surface area contributed by atoms with E-state index in [-0.39, 0.29) is 0 Å². The van der Waals surface area contributed by atoms with Crippen LogP contribution in [0.25, 0.3) is 0 Å². The van der Waals surface area contributed by atoms with E-state index in [0.717, 1.165) is 5.69 Å². The van der Waals surface area contributed by atoms with Gasteiger partial charge in [0.2, 0.25) is 4.99 Å². The molecule has 1 aromatic rings. The summed E-state index contributed by atoms with van der Waals surface area (Å²) in [5.74, 6) is 0. The van der Waals surface area contributed by atoms with Gasteiger partial charge < -0.3 is 0 Å². The van der Waals surface area contributed by atoms with Crippen LogP contribution in [0.4, 0.5) is 0 Å². The van der Waals surface area contributed by atoms with Gasteiger partial charge in [-0.15, -0.1) is 5.10 Å². The van der Waals surface area contributed by atoms with Gasteiger partial charge in [-0.3, -0.25) is 5.10 Å². The summed E-state index contributed by atoms with van der Waals surface area (Å²) >= 11 is 0. The minimum absolute atomic E-state index is 0.635. The SMILES string of the molecule is C1=CC=NC(c2c[nH]nn2)([SH]2C=CC=C2)N=C1. The lowest BCUT2D eigenvalue weighted by molar-refractivity contribution is 0.677. The molecule has 5 nitrogen and oxygen atoms in total. The van der Waals surface area contributed by atoms with Gasteiger partial charge in [-0.05, 0) is 23.0 Å². The Morgan fingerprint density at radius 3 is 2.29 bits per heavy atom. The normalized spacial score (nSPS) is 22.2. The topological polar surface area (TPSA) is 66.3 Å². The molecule has 1 aromatic heterocycles. The first-order valence-corrected chi connectivity index (χ1v) is 6.66. The lowest BCUT2D eigenvalue weighted by Crippen LogP contribution is -2.20. The van der Waals surface area contributed by atoms with Gasteiger partial charge in [0.1, 0.15) is 5.69 Å². The van der Waals surface area contributed by atoms with Gasteiger partial charge >= 0.3 is 0 Å². The maximum atomic E-state index is 4.57. The van der Waals surface area contributed by atoms with Crippen molar-refractivity contribution in [2.24, 2.45) is 9.98 Å². The largest absolute Gasteiger partial charge is 0.265 e. The van der Waals surface area contributed by atoms with Crippen molar-refractivity contribution in [1.82, 2.24) is 15.4 Å². The molecule has 0 radical (unpaired) electrons. The van der Waals surface area contributed by atoms with Crippen LogP contribution in [0.1, 0.15) is 5.69 Å². The van der Waals surface area contributed by atoms with E-state index in [4.69, 9.17) is 0 Å². The molecule has 2 aliphatic heterocycles. The van der Waals surface area contributed by atoms with E-state index < -0.39 is 15.9 Å². The van der Waals surface area contributed by atoms with Gasteiger partial charge in [0.25, 0.3) is 0 Å². The van der Waals surface area contributed by atoms with Gasteiger partial charge in [0.05, 0.1) is 6.20 Å². The number of hydrogen-bond acceptors (Lipinski definition) is 4. The zero-order chi connectivity index (χ0) is 11.6. The summed E-state index contributed by atoms with van der Waals surface area (Å²) in [6.45, 7) is 0. The summed E-state index contributed by atoms with van der Waals surface area (Å²) in [6.07, 6.45) is 13.1. The highest BCUT2D eigenvalue weighted by atomic mass is 32.2. The zero-order valence-corrected chi connectivity index (χ0v) is 9.83. The maximum Gasteiger partial charge on any atom is 0.232 e. The first-order chi connectivity index (χ1) is 8.42. The first kappa shape index (κ1) is 10.2. The first-order valence-electron chi connectivity index (χ1n) is 5.18. The molecular weight excluding hydrogens is 234 g/mol. The molecule has 0 saturated heterocycles. The van der Waals surface area contributed by atoms with Crippen molar-refractivity contribution in [2.45, 2.75) is 4.99 Å². The molecule has 0 unspecified atom stereocenters. The number of aromatic nitrogens is 3. The molecule has 0 fully saturated rings. The van der Waals surface area contributed by atoms with Crippen molar-refractivity contribution in [3.63, 3.8) is 0 Å². The van der Waals surface area contributed by atoms with Gasteiger partial charge in [-0.1, -0.05) is 17.4 Å². The molecule has 6 heteroatoms. The van der Waals surface area contributed by atoms with Crippen LogP contribution in [0.3, 0.4) is 0 Å². The van der Waals surface area contributed by atoms with E-state index in [9.17, 15) is 0 Å². The summed E-state index contributed by atoms with van der Waals surface area (Å²) in [6, 6.07) is 0. The van der Waals surface area contributed by atoms with E-state index >= 15 is 0 Å². The van der Waals surface area contributed by atoms with Gasteiger partial charge in [0.15, 0.2) is 0 Å². The monoisotopic (exact) mass is 245 g/mol. The highest BCUT2D eigenvalue weighted by molar-refractivity contribution is 8.23. The third-order valence-electron chi connectivity index (χ3n) is 2.52. The Bertz CT molecular complexity index is 510. The maximum absolute atomic E-state index is 4.57. The predicted molar refractivity (Wildman–Crippen MR) is 71.5 cm³/mol. The number of aromatic amines is 1. The van der Waals surface area contributed by atoms with Crippen molar-refractivity contribution in [3.8, 4) is 0 Å². The molecule has 3 rings (SSSR count). The number of H-pyrrole nitrogens is 1. The minimum atomic E-state index is -0.671. The average Bonchev–Trinajstić information content (AvgIpc) is 3.00. The van der Waals surface area contributed by atoms with E-state index in [1.807, 2.05) is 24.3 Å². The number of allylic oxidation sites excluding steroid dienone is 4. The van der Waals surface area contributed by atoms with Crippen LogP contribution >= 0.6 is 10.9 Å². The van der Waals surface area contributed by atoms with Crippen molar-refractivity contribution in [3.05, 3.63) is 47.0 Å². The van der Waals surface area contributed by atoms with Crippen molar-refractivity contribution < 1.29 is 0 Å². The van der Waals surface area contributed by atoms with Crippen molar-refractivity contribution in [1.29, 1.82) is 0 Å². The second-order valence-electron chi connectivity index (χ2n) is 3.53. The molecule has 0 aliphatic carbocycles. The Balaban J connectivity index is 2.13. The molecule has 0 spiro atoms. The third-order valence-corrected chi connectivity index (χ3v) is 4.68. The van der Waals surface area contributed by atoms with Crippen LogP contribution in [0, 0.1) is 0 Å². The van der Waals surface area contributed by atoms with Crippen LogP contribution in [0.5, 0.6) is 0 Å². The average molecular weight is 245 g/mol. The fourth-order valence-corrected chi connectivity index (χ4v) is 3.59. The van der Waals surface area contributed by atoms with Crippen LogP contribution in [0.15, 0.2) is 51.3 Å². The summed E-state index contributed by atoms with van der Waals surface area (Å²) < 4.78 is 0. The Hall–Kier alpha value is -1.95. The molecule has 1 N–H and O–H groups in total. The molecule has 17 heavy (non-hydrogen) atoms. The fraction of sp³-hybridized carbons (Fsp3) is 0.0909. The molecule has 0 saturated carbocycles. The lowest BCUT2D eigenvalue weighted by atomic mass is 10.4. The Morgan fingerprint density at radius 1 is 1.00 bits per heavy atom. The van der Waals surface area contributed by atoms with Gasteiger partial charge in [-0.25, -0.2) is 9.98 Å². The van der Waals surface area contributed by atoms with Gasteiger partial charge in [0, 0.05) is 12.4 Å².